The van der Waals surface area contributed by atoms with Gasteiger partial charge in [0.15, 0.2) is 0 Å². The minimum atomic E-state index is 0.280. The zero-order chi connectivity index (χ0) is 12.5. The molecule has 4 N–H and O–H groups in total. The molecule has 0 amide bonds. The Morgan fingerprint density at radius 2 is 1.94 bits per heavy atom. The first-order chi connectivity index (χ1) is 8.26. The van der Waals surface area contributed by atoms with Gasteiger partial charge in [-0.1, -0.05) is 0 Å². The summed E-state index contributed by atoms with van der Waals surface area (Å²) in [6.45, 7) is 4.46. The molecule has 0 bridgehead atoms. The maximum Gasteiger partial charge on any atom is 0.223 e. The van der Waals surface area contributed by atoms with Crippen LogP contribution in [0.5, 0.6) is 0 Å². The second-order valence-corrected chi connectivity index (χ2v) is 3.65. The van der Waals surface area contributed by atoms with Crippen LogP contribution >= 0.6 is 0 Å². The number of nitrogens with zero attached hydrogens (tertiary/aromatic N) is 2. The highest BCUT2D eigenvalue weighted by Gasteiger charge is 2.00. The monoisotopic (exact) mass is 239 g/mol. The standard InChI is InChI=1S/C11H21N5O/c1-3-13-9-8-10(16-11(12)15-9)14-6-4-5-7-17-2/h8H,3-7H2,1-2H3,(H4,12,13,14,15,16). The first kappa shape index (κ1) is 13.5. The fourth-order valence-corrected chi connectivity index (χ4v) is 1.42. The predicted molar refractivity (Wildman–Crippen MR) is 70.2 cm³/mol. The lowest BCUT2D eigenvalue weighted by Crippen LogP contribution is -2.09. The summed E-state index contributed by atoms with van der Waals surface area (Å²) in [6.07, 6.45) is 2.07. The maximum absolute atomic E-state index is 5.62. The van der Waals surface area contributed by atoms with Gasteiger partial charge in [0.05, 0.1) is 0 Å². The van der Waals surface area contributed by atoms with Crippen molar-refractivity contribution in [3.05, 3.63) is 6.07 Å². The third-order valence-corrected chi connectivity index (χ3v) is 2.18. The summed E-state index contributed by atoms with van der Waals surface area (Å²) in [4.78, 5) is 8.19. The molecule has 0 unspecified atom stereocenters. The van der Waals surface area contributed by atoms with E-state index in [1.807, 2.05) is 13.0 Å². The van der Waals surface area contributed by atoms with E-state index in [0.717, 1.165) is 44.2 Å². The number of nitrogens with two attached hydrogens (primary N) is 1. The molecule has 6 nitrogen and oxygen atoms in total. The number of ether oxygens (including phenoxy) is 1. The van der Waals surface area contributed by atoms with Gasteiger partial charge >= 0.3 is 0 Å². The lowest BCUT2D eigenvalue weighted by atomic mass is 10.3. The molecule has 0 fully saturated rings. The van der Waals surface area contributed by atoms with Gasteiger partial charge in [-0.15, -0.1) is 0 Å². The SMILES string of the molecule is CCNc1cc(NCCCCOC)nc(N)n1. The molecule has 0 aliphatic heterocycles. The molecule has 0 aliphatic carbocycles. The molecule has 0 saturated heterocycles. The van der Waals surface area contributed by atoms with Crippen molar-refractivity contribution in [1.82, 2.24) is 9.97 Å². The minimum Gasteiger partial charge on any atom is -0.385 e. The van der Waals surface area contributed by atoms with Crippen molar-refractivity contribution in [2.24, 2.45) is 0 Å². The summed E-state index contributed by atoms with van der Waals surface area (Å²) in [6, 6.07) is 1.86. The Kier molecular flexibility index (Phi) is 6.09. The van der Waals surface area contributed by atoms with Gasteiger partial charge in [0.2, 0.25) is 5.95 Å². The van der Waals surface area contributed by atoms with E-state index in [1.54, 1.807) is 7.11 Å². The smallest absolute Gasteiger partial charge is 0.223 e. The van der Waals surface area contributed by atoms with Gasteiger partial charge in [-0.3, -0.25) is 0 Å². The molecule has 1 rings (SSSR count). The molecule has 96 valence electrons. The second-order valence-electron chi connectivity index (χ2n) is 3.65. The van der Waals surface area contributed by atoms with E-state index in [-0.39, 0.29) is 5.95 Å². The summed E-state index contributed by atoms with van der Waals surface area (Å²) in [7, 11) is 1.71. The number of nitrogens with one attached hydrogen (secondary N) is 2. The van der Waals surface area contributed by atoms with E-state index in [2.05, 4.69) is 20.6 Å². The van der Waals surface area contributed by atoms with Crippen molar-refractivity contribution in [2.75, 3.05) is 43.2 Å². The van der Waals surface area contributed by atoms with Gasteiger partial charge in [0.1, 0.15) is 11.6 Å². The van der Waals surface area contributed by atoms with E-state index in [9.17, 15) is 0 Å². The maximum atomic E-state index is 5.62. The molecule has 1 aromatic heterocycles. The van der Waals surface area contributed by atoms with E-state index in [4.69, 9.17) is 10.5 Å². The lowest BCUT2D eigenvalue weighted by Gasteiger charge is -2.08. The van der Waals surface area contributed by atoms with Crippen LogP contribution in [0.25, 0.3) is 0 Å². The topological polar surface area (TPSA) is 85.1 Å². The van der Waals surface area contributed by atoms with Gasteiger partial charge in [-0.05, 0) is 19.8 Å². The molecule has 17 heavy (non-hydrogen) atoms. The van der Waals surface area contributed by atoms with Crippen molar-refractivity contribution in [3.63, 3.8) is 0 Å². The number of anilines is 3. The number of hydrogen-bond acceptors (Lipinski definition) is 6. The summed E-state index contributed by atoms with van der Waals surface area (Å²) in [5.41, 5.74) is 5.62. The highest BCUT2D eigenvalue weighted by molar-refractivity contribution is 5.50. The van der Waals surface area contributed by atoms with Crippen LogP contribution < -0.4 is 16.4 Å². The van der Waals surface area contributed by atoms with Crippen LogP contribution in [-0.4, -0.2) is 36.8 Å². The Morgan fingerprint density at radius 1 is 1.24 bits per heavy atom. The van der Waals surface area contributed by atoms with Gasteiger partial charge in [-0.2, -0.15) is 9.97 Å². The van der Waals surface area contributed by atoms with E-state index >= 15 is 0 Å². The van der Waals surface area contributed by atoms with E-state index in [0.29, 0.717) is 0 Å². The third-order valence-electron chi connectivity index (χ3n) is 2.18. The van der Waals surface area contributed by atoms with Crippen molar-refractivity contribution in [1.29, 1.82) is 0 Å². The summed E-state index contributed by atoms with van der Waals surface area (Å²) < 4.78 is 4.98. The average Bonchev–Trinajstić information content (AvgIpc) is 2.28. The fourth-order valence-electron chi connectivity index (χ4n) is 1.42. The molecule has 0 spiro atoms. The number of rotatable bonds is 8. The number of nitrogen functional groups attached to an aromatic ring is 1. The summed E-state index contributed by atoms with van der Waals surface area (Å²) in [5, 5.41) is 6.32. The molecule has 1 aromatic rings. The normalized spacial score (nSPS) is 10.2. The Hall–Kier alpha value is -1.56. The van der Waals surface area contributed by atoms with Crippen LogP contribution in [0.2, 0.25) is 0 Å². The van der Waals surface area contributed by atoms with Gasteiger partial charge in [0.25, 0.3) is 0 Å². The van der Waals surface area contributed by atoms with Crippen LogP contribution in [0.15, 0.2) is 6.07 Å². The molecule has 0 radical (unpaired) electrons. The number of unbranched alkanes of at least 4 members (excludes halogenated alkanes) is 1. The van der Waals surface area contributed by atoms with Crippen LogP contribution in [-0.2, 0) is 4.74 Å². The Morgan fingerprint density at radius 3 is 2.59 bits per heavy atom. The molecule has 1 heterocycles. The molecule has 0 aliphatic rings. The van der Waals surface area contributed by atoms with Gasteiger partial charge in [0, 0.05) is 32.9 Å². The summed E-state index contributed by atoms with van der Waals surface area (Å²) in [5.74, 6) is 1.79. The molecule has 6 heteroatoms. The van der Waals surface area contributed by atoms with Crippen LogP contribution in [0.1, 0.15) is 19.8 Å². The van der Waals surface area contributed by atoms with Gasteiger partial charge < -0.3 is 21.1 Å². The van der Waals surface area contributed by atoms with E-state index in [1.165, 1.54) is 0 Å². The predicted octanol–water partition coefficient (Wildman–Crippen LogP) is 1.33. The van der Waals surface area contributed by atoms with Crippen molar-refractivity contribution in [2.45, 2.75) is 19.8 Å². The number of hydrogen-bond donors (Lipinski definition) is 3. The molecule has 0 saturated carbocycles. The molecule has 0 aromatic carbocycles. The highest BCUT2D eigenvalue weighted by Crippen LogP contribution is 2.12. The second kappa shape index (κ2) is 7.67. The third kappa shape index (κ3) is 5.35. The average molecular weight is 239 g/mol. The van der Waals surface area contributed by atoms with E-state index < -0.39 is 0 Å². The van der Waals surface area contributed by atoms with Crippen molar-refractivity contribution >= 4 is 17.6 Å². The highest BCUT2D eigenvalue weighted by atomic mass is 16.5. The van der Waals surface area contributed by atoms with Crippen molar-refractivity contribution < 1.29 is 4.74 Å². The largest absolute Gasteiger partial charge is 0.385 e. The Balaban J connectivity index is 2.41. The number of aromatic nitrogens is 2. The Bertz CT molecular complexity index is 332. The molecule has 0 atom stereocenters. The lowest BCUT2D eigenvalue weighted by molar-refractivity contribution is 0.194. The van der Waals surface area contributed by atoms with Crippen LogP contribution in [0.4, 0.5) is 17.6 Å². The van der Waals surface area contributed by atoms with Crippen LogP contribution in [0.3, 0.4) is 0 Å². The summed E-state index contributed by atoms with van der Waals surface area (Å²) >= 11 is 0. The first-order valence-electron chi connectivity index (χ1n) is 5.87. The zero-order valence-electron chi connectivity index (χ0n) is 10.5. The Labute approximate surface area is 102 Å². The first-order valence-corrected chi connectivity index (χ1v) is 5.87. The van der Waals surface area contributed by atoms with Crippen LogP contribution in [0, 0.1) is 0 Å². The quantitative estimate of drug-likeness (QED) is 0.593. The van der Waals surface area contributed by atoms with Gasteiger partial charge in [-0.25, -0.2) is 0 Å². The fraction of sp³-hybridized carbons (Fsp3) is 0.636. The van der Waals surface area contributed by atoms with Crippen molar-refractivity contribution in [3.8, 4) is 0 Å². The molecular weight excluding hydrogens is 218 g/mol. The minimum absolute atomic E-state index is 0.280. The zero-order valence-corrected chi connectivity index (χ0v) is 10.5. The number of methoxy groups -OCH3 is 1. The molecular formula is C11H21N5O.